The van der Waals surface area contributed by atoms with Crippen LogP contribution in [0.1, 0.15) is 20.8 Å². The second kappa shape index (κ2) is 5.59. The van der Waals surface area contributed by atoms with Gasteiger partial charge in [0.05, 0.1) is 25.9 Å². The van der Waals surface area contributed by atoms with E-state index in [0.29, 0.717) is 19.8 Å². The first-order valence-electron chi connectivity index (χ1n) is 7.32. The highest BCUT2D eigenvalue weighted by Gasteiger charge is 2.57. The summed E-state index contributed by atoms with van der Waals surface area (Å²) in [7, 11) is 4.10. The molecule has 8 heteroatoms. The van der Waals surface area contributed by atoms with E-state index in [-0.39, 0.29) is 17.0 Å². The summed E-state index contributed by atoms with van der Waals surface area (Å²) in [5.41, 5.74) is 8.08. The molecule has 2 radical (unpaired) electrons. The molecule has 2 aliphatic rings. The zero-order chi connectivity index (χ0) is 15.9. The van der Waals surface area contributed by atoms with Crippen molar-refractivity contribution in [2.45, 2.75) is 56.5 Å². The van der Waals surface area contributed by atoms with Gasteiger partial charge in [0.15, 0.2) is 8.32 Å². The van der Waals surface area contributed by atoms with Gasteiger partial charge in [0.25, 0.3) is 0 Å². The molecule has 4 atom stereocenters. The number of azide groups is 1. The molecule has 0 N–H and O–H groups in total. The van der Waals surface area contributed by atoms with E-state index < -0.39 is 19.9 Å². The molecule has 0 saturated carbocycles. The van der Waals surface area contributed by atoms with Gasteiger partial charge < -0.3 is 13.9 Å². The summed E-state index contributed by atoms with van der Waals surface area (Å²) in [5.74, 6) is -0.0994. The Morgan fingerprint density at radius 3 is 2.71 bits per heavy atom. The van der Waals surface area contributed by atoms with Gasteiger partial charge in [-0.2, -0.15) is 0 Å². The molecule has 21 heavy (non-hydrogen) atoms. The molecule has 2 saturated heterocycles. The van der Waals surface area contributed by atoms with Gasteiger partial charge in [-0.1, -0.05) is 25.9 Å². The van der Waals surface area contributed by atoms with Crippen LogP contribution in [0.4, 0.5) is 0 Å². The van der Waals surface area contributed by atoms with Crippen LogP contribution in [0.15, 0.2) is 5.11 Å². The molecule has 0 unspecified atom stereocenters. The highest BCUT2D eigenvalue weighted by Crippen LogP contribution is 2.43. The van der Waals surface area contributed by atoms with Crippen LogP contribution in [0.25, 0.3) is 10.4 Å². The van der Waals surface area contributed by atoms with E-state index in [1.165, 1.54) is 0 Å². The third-order valence-electron chi connectivity index (χ3n) is 5.05. The molecule has 0 spiro atoms. The van der Waals surface area contributed by atoms with Gasteiger partial charge in [0.2, 0.25) is 0 Å². The Labute approximate surface area is 128 Å². The normalized spacial score (nSPS) is 36.3. The second-order valence-corrected chi connectivity index (χ2v) is 12.3. The van der Waals surface area contributed by atoms with Crippen LogP contribution in [-0.2, 0) is 13.9 Å². The minimum atomic E-state index is -1.92. The lowest BCUT2D eigenvalue weighted by molar-refractivity contribution is -0.103. The van der Waals surface area contributed by atoms with Crippen molar-refractivity contribution in [2.24, 2.45) is 11.0 Å². The van der Waals surface area contributed by atoms with Gasteiger partial charge in [-0.15, -0.1) is 0 Å². The standard InChI is InChI=1S/C13H24BN3O3Si/c1-12(2,3)21(4,5)19-8-13-7-18-6-9(11(14)20-13)10(13)16-17-15/h9-11H,6-8H2,1-5H3/t9-,10+,11-,13-/m1/s1. The predicted octanol–water partition coefficient (Wildman–Crippen LogP) is 2.60. The van der Waals surface area contributed by atoms with Gasteiger partial charge in [-0.25, -0.2) is 0 Å². The maximum atomic E-state index is 8.83. The first-order valence-corrected chi connectivity index (χ1v) is 10.2. The van der Waals surface area contributed by atoms with Gasteiger partial charge >= 0.3 is 0 Å². The van der Waals surface area contributed by atoms with Gasteiger partial charge in [0, 0.05) is 16.8 Å². The van der Waals surface area contributed by atoms with Crippen LogP contribution in [-0.4, -0.2) is 53.6 Å². The van der Waals surface area contributed by atoms with Crippen LogP contribution < -0.4 is 0 Å². The molecule has 2 heterocycles. The van der Waals surface area contributed by atoms with E-state index in [0.717, 1.165) is 0 Å². The Morgan fingerprint density at radius 2 is 2.14 bits per heavy atom. The number of fused-ring (bicyclic) bond motifs is 2. The zero-order valence-corrected chi connectivity index (χ0v) is 14.5. The first-order chi connectivity index (χ1) is 9.63. The van der Waals surface area contributed by atoms with E-state index in [2.05, 4.69) is 43.9 Å². The number of nitrogens with zero attached hydrogens (tertiary/aromatic N) is 3. The fraction of sp³-hybridized carbons (Fsp3) is 1.00. The molecule has 2 rings (SSSR count). The topological polar surface area (TPSA) is 76.5 Å². The summed E-state index contributed by atoms with van der Waals surface area (Å²) >= 11 is 0. The van der Waals surface area contributed by atoms with E-state index in [1.807, 2.05) is 0 Å². The number of hydrogen-bond acceptors (Lipinski definition) is 4. The van der Waals surface area contributed by atoms with Crippen molar-refractivity contribution in [1.29, 1.82) is 0 Å². The molecule has 0 aromatic rings. The van der Waals surface area contributed by atoms with Crippen molar-refractivity contribution < 1.29 is 13.9 Å². The Morgan fingerprint density at radius 1 is 1.48 bits per heavy atom. The third-order valence-corrected chi connectivity index (χ3v) is 9.53. The first kappa shape index (κ1) is 16.8. The Kier molecular flexibility index (Phi) is 4.48. The summed E-state index contributed by atoms with van der Waals surface area (Å²) in [6, 6.07) is -0.790. The monoisotopic (exact) mass is 309 g/mol. The fourth-order valence-electron chi connectivity index (χ4n) is 2.60. The SMILES string of the molecule is [B][C@@H]1O[C@@]2(CO[Si](C)(C)C(C)(C)C)COC[C@@H]1[C@@H]2N=[N+]=[N-]. The van der Waals surface area contributed by atoms with Crippen LogP contribution in [0, 0.1) is 5.92 Å². The van der Waals surface area contributed by atoms with Gasteiger partial charge in [-0.05, 0) is 23.7 Å². The second-order valence-electron chi connectivity index (χ2n) is 7.52. The summed E-state index contributed by atoms with van der Waals surface area (Å²) in [5, 5.41) is 4.03. The molecular weight excluding hydrogens is 285 g/mol. The van der Waals surface area contributed by atoms with Crippen molar-refractivity contribution in [3.05, 3.63) is 10.4 Å². The lowest BCUT2D eigenvalue weighted by Gasteiger charge is -2.42. The maximum Gasteiger partial charge on any atom is 0.192 e. The fourth-order valence-corrected chi connectivity index (χ4v) is 3.64. The van der Waals surface area contributed by atoms with Crippen molar-refractivity contribution >= 4 is 16.2 Å². The molecular formula is C13H24BN3O3Si. The minimum absolute atomic E-state index is 0.0994. The highest BCUT2D eigenvalue weighted by atomic mass is 28.4. The van der Waals surface area contributed by atoms with Crippen molar-refractivity contribution in [3.8, 4) is 0 Å². The molecule has 2 bridgehead atoms. The van der Waals surface area contributed by atoms with Crippen molar-refractivity contribution in [2.75, 3.05) is 19.8 Å². The Hall–Kier alpha value is -0.528. The average Bonchev–Trinajstić information content (AvgIpc) is 2.52. The van der Waals surface area contributed by atoms with E-state index in [4.69, 9.17) is 27.3 Å². The van der Waals surface area contributed by atoms with Crippen molar-refractivity contribution in [3.63, 3.8) is 0 Å². The molecule has 6 nitrogen and oxygen atoms in total. The van der Waals surface area contributed by atoms with Crippen LogP contribution in [0.5, 0.6) is 0 Å². The lowest BCUT2D eigenvalue weighted by Crippen LogP contribution is -2.55. The smallest absolute Gasteiger partial charge is 0.192 e. The molecule has 0 aliphatic carbocycles. The zero-order valence-electron chi connectivity index (χ0n) is 13.5. The molecule has 2 aliphatic heterocycles. The van der Waals surface area contributed by atoms with Crippen LogP contribution in [0.2, 0.25) is 18.1 Å². The summed E-state index contributed by atoms with van der Waals surface area (Å²) < 4.78 is 17.8. The van der Waals surface area contributed by atoms with E-state index in [9.17, 15) is 0 Å². The highest BCUT2D eigenvalue weighted by molar-refractivity contribution is 6.74. The summed E-state index contributed by atoms with van der Waals surface area (Å²) in [6.45, 7) is 12.1. The number of rotatable bonds is 4. The summed E-state index contributed by atoms with van der Waals surface area (Å²) in [4.78, 5) is 2.96. The Balaban J connectivity index is 2.18. The van der Waals surface area contributed by atoms with E-state index >= 15 is 0 Å². The van der Waals surface area contributed by atoms with Crippen LogP contribution in [0.3, 0.4) is 0 Å². The molecule has 0 amide bonds. The third kappa shape index (κ3) is 3.01. The summed E-state index contributed by atoms with van der Waals surface area (Å²) in [6.07, 6.45) is 0. The molecule has 0 aromatic carbocycles. The van der Waals surface area contributed by atoms with Gasteiger partial charge in [0.1, 0.15) is 13.4 Å². The Bertz CT molecular complexity index is 450. The lowest BCUT2D eigenvalue weighted by atomic mass is 9.80. The van der Waals surface area contributed by atoms with Crippen molar-refractivity contribution in [1.82, 2.24) is 0 Å². The molecule has 116 valence electrons. The quantitative estimate of drug-likeness (QED) is 0.346. The predicted molar refractivity (Wildman–Crippen MR) is 83.8 cm³/mol. The minimum Gasteiger partial charge on any atom is -0.414 e. The molecule has 2 fully saturated rings. The average molecular weight is 309 g/mol. The largest absolute Gasteiger partial charge is 0.414 e. The maximum absolute atomic E-state index is 8.83. The van der Waals surface area contributed by atoms with Crippen LogP contribution >= 0.6 is 0 Å². The number of hydrogen-bond donors (Lipinski definition) is 0. The number of ether oxygens (including phenoxy) is 2. The van der Waals surface area contributed by atoms with E-state index in [1.54, 1.807) is 0 Å². The van der Waals surface area contributed by atoms with Gasteiger partial charge in [-0.3, -0.25) is 0 Å². The molecule has 0 aromatic heterocycles.